The molecule has 0 aliphatic heterocycles. The number of aryl methyl sites for hydroxylation is 2. The van der Waals surface area contributed by atoms with Gasteiger partial charge in [0.2, 0.25) is 0 Å². The van der Waals surface area contributed by atoms with Gasteiger partial charge in [0, 0.05) is 5.69 Å². The molecule has 2 aromatic carbocycles. The monoisotopic (exact) mass is 296 g/mol. The fourth-order valence-corrected chi connectivity index (χ4v) is 2.11. The molecule has 0 radical (unpaired) electrons. The Kier molecular flexibility index (Phi) is 5.72. The van der Waals surface area contributed by atoms with Crippen molar-refractivity contribution in [2.24, 2.45) is 5.16 Å². The standard InChI is InChI=1S/C18H20N2O2/c1-3-16-11-7-8-14(2)18(16)20-17(21)13-22-19-12-15-9-5-4-6-10-15/h4-12H,3,13H2,1-2H3,(H,20,21)/b19-12-. The number of hydrogen-bond donors (Lipinski definition) is 1. The van der Waals surface area contributed by atoms with E-state index in [1.165, 1.54) is 0 Å². The molecular weight excluding hydrogens is 276 g/mol. The molecule has 4 nitrogen and oxygen atoms in total. The first-order valence-corrected chi connectivity index (χ1v) is 7.29. The molecule has 0 saturated carbocycles. The van der Waals surface area contributed by atoms with Gasteiger partial charge in [0.25, 0.3) is 5.91 Å². The molecule has 1 N–H and O–H groups in total. The maximum atomic E-state index is 11.9. The minimum Gasteiger partial charge on any atom is -0.386 e. The summed E-state index contributed by atoms with van der Waals surface area (Å²) in [7, 11) is 0. The Balaban J connectivity index is 1.87. The Morgan fingerprint density at radius 3 is 2.68 bits per heavy atom. The summed E-state index contributed by atoms with van der Waals surface area (Å²) in [5.74, 6) is -0.214. The SMILES string of the molecule is CCc1cccc(C)c1NC(=O)CO/N=C\c1ccccc1. The third kappa shape index (κ3) is 4.45. The van der Waals surface area contributed by atoms with E-state index in [1.807, 2.05) is 55.5 Å². The summed E-state index contributed by atoms with van der Waals surface area (Å²) >= 11 is 0. The maximum Gasteiger partial charge on any atom is 0.265 e. The largest absolute Gasteiger partial charge is 0.386 e. The number of rotatable bonds is 6. The zero-order valence-electron chi connectivity index (χ0n) is 12.9. The van der Waals surface area contributed by atoms with Gasteiger partial charge < -0.3 is 10.2 Å². The number of amides is 1. The van der Waals surface area contributed by atoms with Crippen LogP contribution >= 0.6 is 0 Å². The number of carbonyl (C=O) groups excluding carboxylic acids is 1. The number of para-hydroxylation sites is 1. The van der Waals surface area contributed by atoms with E-state index in [2.05, 4.69) is 17.4 Å². The summed E-state index contributed by atoms with van der Waals surface area (Å²) in [5.41, 5.74) is 3.95. The first kappa shape index (κ1) is 15.8. The van der Waals surface area contributed by atoms with Gasteiger partial charge in [-0.2, -0.15) is 0 Å². The topological polar surface area (TPSA) is 50.7 Å². The van der Waals surface area contributed by atoms with Gasteiger partial charge in [0.05, 0.1) is 6.21 Å². The molecule has 114 valence electrons. The molecule has 0 aliphatic rings. The second-order valence-corrected chi connectivity index (χ2v) is 4.93. The fourth-order valence-electron chi connectivity index (χ4n) is 2.11. The zero-order valence-corrected chi connectivity index (χ0v) is 12.9. The average Bonchev–Trinajstić information content (AvgIpc) is 2.54. The molecule has 0 bridgehead atoms. The molecule has 1 amide bonds. The molecule has 22 heavy (non-hydrogen) atoms. The van der Waals surface area contributed by atoms with Crippen LogP contribution in [0.4, 0.5) is 5.69 Å². The summed E-state index contributed by atoms with van der Waals surface area (Å²) in [6.45, 7) is 3.93. The lowest BCUT2D eigenvalue weighted by Gasteiger charge is -2.12. The molecule has 2 aromatic rings. The summed E-state index contributed by atoms with van der Waals surface area (Å²) in [4.78, 5) is 17.0. The second-order valence-electron chi connectivity index (χ2n) is 4.93. The Morgan fingerprint density at radius 1 is 1.18 bits per heavy atom. The van der Waals surface area contributed by atoms with Crippen molar-refractivity contribution in [1.29, 1.82) is 0 Å². The number of anilines is 1. The van der Waals surface area contributed by atoms with Gasteiger partial charge >= 0.3 is 0 Å². The van der Waals surface area contributed by atoms with Gasteiger partial charge in [-0.1, -0.05) is 60.6 Å². The second kappa shape index (κ2) is 7.98. The predicted octanol–water partition coefficient (Wildman–Crippen LogP) is 3.55. The van der Waals surface area contributed by atoms with Crippen LogP contribution in [0.5, 0.6) is 0 Å². The van der Waals surface area contributed by atoms with E-state index >= 15 is 0 Å². The Hall–Kier alpha value is -2.62. The lowest BCUT2D eigenvalue weighted by atomic mass is 10.1. The van der Waals surface area contributed by atoms with Crippen LogP contribution in [0.1, 0.15) is 23.6 Å². The van der Waals surface area contributed by atoms with Crippen molar-refractivity contribution in [2.75, 3.05) is 11.9 Å². The molecule has 0 aromatic heterocycles. The minimum absolute atomic E-state index is 0.110. The van der Waals surface area contributed by atoms with Crippen molar-refractivity contribution in [1.82, 2.24) is 0 Å². The Bertz CT molecular complexity index is 651. The fraction of sp³-hybridized carbons (Fsp3) is 0.222. The number of hydrogen-bond acceptors (Lipinski definition) is 3. The highest BCUT2D eigenvalue weighted by Gasteiger charge is 2.08. The zero-order chi connectivity index (χ0) is 15.8. The molecular formula is C18H20N2O2. The van der Waals surface area contributed by atoms with Gasteiger partial charge in [-0.05, 0) is 30.0 Å². The van der Waals surface area contributed by atoms with Crippen molar-refractivity contribution in [3.8, 4) is 0 Å². The van der Waals surface area contributed by atoms with Crippen LogP contribution in [0, 0.1) is 6.92 Å². The Labute approximate surface area is 130 Å². The number of nitrogens with one attached hydrogen (secondary N) is 1. The van der Waals surface area contributed by atoms with E-state index in [1.54, 1.807) is 6.21 Å². The highest BCUT2D eigenvalue weighted by atomic mass is 16.6. The third-order valence-corrected chi connectivity index (χ3v) is 3.28. The number of nitrogens with zero attached hydrogens (tertiary/aromatic N) is 1. The van der Waals surface area contributed by atoms with Crippen LogP contribution in [0.2, 0.25) is 0 Å². The van der Waals surface area contributed by atoms with Crippen LogP contribution in [0.15, 0.2) is 53.7 Å². The summed E-state index contributed by atoms with van der Waals surface area (Å²) in [6.07, 6.45) is 2.45. The quantitative estimate of drug-likeness (QED) is 0.654. The molecule has 0 aliphatic carbocycles. The normalized spacial score (nSPS) is 10.6. The van der Waals surface area contributed by atoms with E-state index in [0.29, 0.717) is 0 Å². The van der Waals surface area contributed by atoms with Gasteiger partial charge in [-0.25, -0.2) is 0 Å². The summed E-state index contributed by atoms with van der Waals surface area (Å²) in [5, 5.41) is 6.69. The van der Waals surface area contributed by atoms with Gasteiger partial charge in [0.1, 0.15) is 0 Å². The molecule has 4 heteroatoms. The van der Waals surface area contributed by atoms with Crippen molar-refractivity contribution in [3.05, 3.63) is 65.2 Å². The van der Waals surface area contributed by atoms with Crippen LogP contribution in [0.25, 0.3) is 0 Å². The van der Waals surface area contributed by atoms with Crippen molar-refractivity contribution < 1.29 is 9.63 Å². The molecule has 0 fully saturated rings. The predicted molar refractivity (Wildman–Crippen MR) is 89.2 cm³/mol. The highest BCUT2D eigenvalue weighted by molar-refractivity contribution is 5.93. The summed E-state index contributed by atoms with van der Waals surface area (Å²) in [6, 6.07) is 15.6. The third-order valence-electron chi connectivity index (χ3n) is 3.28. The van der Waals surface area contributed by atoms with E-state index in [-0.39, 0.29) is 12.5 Å². The molecule has 0 unspecified atom stereocenters. The van der Waals surface area contributed by atoms with Crippen molar-refractivity contribution in [2.45, 2.75) is 20.3 Å². The number of oxime groups is 1. The van der Waals surface area contributed by atoms with E-state index in [0.717, 1.165) is 28.8 Å². The number of benzene rings is 2. The van der Waals surface area contributed by atoms with Gasteiger partial charge in [0.15, 0.2) is 6.61 Å². The first-order valence-electron chi connectivity index (χ1n) is 7.29. The van der Waals surface area contributed by atoms with Gasteiger partial charge in [-0.3, -0.25) is 4.79 Å². The van der Waals surface area contributed by atoms with Gasteiger partial charge in [-0.15, -0.1) is 0 Å². The van der Waals surface area contributed by atoms with E-state index in [4.69, 9.17) is 4.84 Å². The smallest absolute Gasteiger partial charge is 0.265 e. The van der Waals surface area contributed by atoms with E-state index in [9.17, 15) is 4.79 Å². The maximum absolute atomic E-state index is 11.9. The summed E-state index contributed by atoms with van der Waals surface area (Å²) < 4.78 is 0. The van der Waals surface area contributed by atoms with Crippen molar-refractivity contribution >= 4 is 17.8 Å². The average molecular weight is 296 g/mol. The minimum atomic E-state index is -0.214. The Morgan fingerprint density at radius 2 is 1.95 bits per heavy atom. The molecule has 0 saturated heterocycles. The molecule has 2 rings (SSSR count). The highest BCUT2D eigenvalue weighted by Crippen LogP contribution is 2.20. The lowest BCUT2D eigenvalue weighted by molar-refractivity contribution is -0.120. The van der Waals surface area contributed by atoms with E-state index < -0.39 is 0 Å². The molecule has 0 heterocycles. The number of carbonyl (C=O) groups is 1. The lowest BCUT2D eigenvalue weighted by Crippen LogP contribution is -2.18. The van der Waals surface area contributed by atoms with Crippen molar-refractivity contribution in [3.63, 3.8) is 0 Å². The van der Waals surface area contributed by atoms with Crippen LogP contribution in [0.3, 0.4) is 0 Å². The molecule has 0 spiro atoms. The van der Waals surface area contributed by atoms with Crippen LogP contribution < -0.4 is 5.32 Å². The molecule has 0 atom stereocenters. The first-order chi connectivity index (χ1) is 10.7. The van der Waals surface area contributed by atoms with Crippen LogP contribution in [-0.2, 0) is 16.1 Å². The van der Waals surface area contributed by atoms with Crippen LogP contribution in [-0.4, -0.2) is 18.7 Å².